The predicted octanol–water partition coefficient (Wildman–Crippen LogP) is 6.34. The Kier molecular flexibility index (Phi) is 3.43. The maximum atomic E-state index is 13.8. The van der Waals surface area contributed by atoms with E-state index in [1.165, 1.54) is 23.6 Å². The number of pyridine rings is 1. The van der Waals surface area contributed by atoms with Crippen molar-refractivity contribution in [3.05, 3.63) is 60.4 Å². The second kappa shape index (κ2) is 5.73. The van der Waals surface area contributed by atoms with Crippen molar-refractivity contribution < 1.29 is 13.2 Å². The summed E-state index contributed by atoms with van der Waals surface area (Å²) in [6.45, 7) is 6.83. The van der Waals surface area contributed by atoms with E-state index < -0.39 is 19.8 Å². The number of aromatic nitrogens is 3. The number of nitrogens with zero attached hydrogens (tertiary/aromatic N) is 3. The number of fused-ring (bicyclic) bond motifs is 5. The van der Waals surface area contributed by atoms with Gasteiger partial charge in [0.15, 0.2) is 0 Å². The average molecular weight is 434 g/mol. The molecule has 0 unspecified atom stereocenters. The molecule has 3 heterocycles. The summed E-state index contributed by atoms with van der Waals surface area (Å²) in [5.74, 6) is 0. The number of hydrogen-bond donors (Lipinski definition) is 0. The van der Waals surface area contributed by atoms with E-state index in [1.54, 1.807) is 0 Å². The minimum Gasteiger partial charge on any atom is -0.308 e. The lowest BCUT2D eigenvalue weighted by Gasteiger charge is -2.20. The monoisotopic (exact) mass is 433 g/mol. The Balaban J connectivity index is 1.99. The van der Waals surface area contributed by atoms with Gasteiger partial charge < -0.3 is 4.40 Å². The maximum Gasteiger partial charge on any atom is 0.416 e. The van der Waals surface area contributed by atoms with Crippen LogP contribution < -0.4 is 5.19 Å². The van der Waals surface area contributed by atoms with Crippen molar-refractivity contribution >= 4 is 62.4 Å². The van der Waals surface area contributed by atoms with Gasteiger partial charge in [-0.15, -0.1) is 0 Å². The molecule has 6 aromatic rings. The summed E-state index contributed by atoms with van der Waals surface area (Å²) < 4.78 is 43.5. The molecule has 3 nitrogen and oxygen atoms in total. The Labute approximate surface area is 176 Å². The molecular formula is C24H18F3N3Si. The van der Waals surface area contributed by atoms with E-state index in [0.717, 1.165) is 32.8 Å². The van der Waals surface area contributed by atoms with E-state index in [-0.39, 0.29) is 0 Å². The lowest BCUT2D eigenvalue weighted by atomic mass is 10.0. The number of halogens is 3. The van der Waals surface area contributed by atoms with Crippen LogP contribution in [0.1, 0.15) is 5.56 Å². The first-order valence-electron chi connectivity index (χ1n) is 10.1. The van der Waals surface area contributed by atoms with Gasteiger partial charge in [-0.25, -0.2) is 9.97 Å². The van der Waals surface area contributed by atoms with Crippen LogP contribution in [0.2, 0.25) is 19.6 Å². The highest BCUT2D eigenvalue weighted by Crippen LogP contribution is 2.42. The van der Waals surface area contributed by atoms with Gasteiger partial charge in [0.2, 0.25) is 0 Å². The molecule has 0 spiro atoms. The lowest BCUT2D eigenvalue weighted by molar-refractivity contribution is -0.137. The molecular weight excluding hydrogens is 415 g/mol. The zero-order valence-electron chi connectivity index (χ0n) is 17.2. The first kappa shape index (κ1) is 18.6. The fourth-order valence-electron chi connectivity index (χ4n) is 4.68. The number of para-hydroxylation sites is 1. The molecule has 3 aromatic heterocycles. The van der Waals surface area contributed by atoms with Crippen molar-refractivity contribution in [3.8, 4) is 0 Å². The maximum absolute atomic E-state index is 13.8. The molecule has 0 atom stereocenters. The van der Waals surface area contributed by atoms with Gasteiger partial charge in [-0.05, 0) is 30.3 Å². The smallest absolute Gasteiger partial charge is 0.308 e. The van der Waals surface area contributed by atoms with Crippen LogP contribution in [-0.4, -0.2) is 22.4 Å². The molecule has 3 aromatic carbocycles. The Morgan fingerprint density at radius 1 is 0.839 bits per heavy atom. The van der Waals surface area contributed by atoms with Crippen molar-refractivity contribution in [2.24, 2.45) is 0 Å². The predicted molar refractivity (Wildman–Crippen MR) is 122 cm³/mol. The Bertz CT molecular complexity index is 1660. The molecule has 0 amide bonds. The van der Waals surface area contributed by atoms with Crippen molar-refractivity contribution in [2.45, 2.75) is 25.8 Å². The van der Waals surface area contributed by atoms with Gasteiger partial charge in [-0.1, -0.05) is 43.0 Å². The quantitative estimate of drug-likeness (QED) is 0.172. The standard InChI is InChI=1S/C24H18F3N3Si/c1-31(2,3)14-10-18-21-20(11-14)30-19-7-5-4-6-15(19)16-8-13(24(25,26)27)9-17(23(16)30)22(21)29-12-28-18/h4-12H,1-3H3. The third kappa shape index (κ3) is 2.46. The summed E-state index contributed by atoms with van der Waals surface area (Å²) in [7, 11) is -1.67. The minimum atomic E-state index is -4.44. The summed E-state index contributed by atoms with van der Waals surface area (Å²) >= 11 is 0. The van der Waals surface area contributed by atoms with Crippen LogP contribution in [0.3, 0.4) is 0 Å². The summed E-state index contributed by atoms with van der Waals surface area (Å²) in [6, 6.07) is 14.4. The fourth-order valence-corrected chi connectivity index (χ4v) is 5.81. The molecule has 0 aliphatic carbocycles. The van der Waals surface area contributed by atoms with Gasteiger partial charge in [0.25, 0.3) is 0 Å². The van der Waals surface area contributed by atoms with E-state index in [9.17, 15) is 13.2 Å². The van der Waals surface area contributed by atoms with E-state index in [0.29, 0.717) is 16.3 Å². The van der Waals surface area contributed by atoms with Crippen LogP contribution in [0.5, 0.6) is 0 Å². The molecule has 0 aliphatic heterocycles. The SMILES string of the molecule is C[Si](C)(C)c1cc2ncnc3c4cc(C(F)(F)F)cc5c6ccccc6n(c(c1)c23)c54. The summed E-state index contributed by atoms with van der Waals surface area (Å²) in [5.41, 5.74) is 3.29. The molecule has 154 valence electrons. The van der Waals surface area contributed by atoms with Crippen LogP contribution in [0.4, 0.5) is 13.2 Å². The molecule has 0 N–H and O–H groups in total. The Morgan fingerprint density at radius 3 is 2.32 bits per heavy atom. The van der Waals surface area contributed by atoms with Crippen LogP contribution in [0.15, 0.2) is 54.9 Å². The van der Waals surface area contributed by atoms with Gasteiger partial charge in [-0.2, -0.15) is 13.2 Å². The minimum absolute atomic E-state index is 0.502. The van der Waals surface area contributed by atoms with Crippen molar-refractivity contribution in [1.82, 2.24) is 14.4 Å². The van der Waals surface area contributed by atoms with Crippen molar-refractivity contribution in [3.63, 3.8) is 0 Å². The van der Waals surface area contributed by atoms with Gasteiger partial charge in [0.05, 0.1) is 46.6 Å². The van der Waals surface area contributed by atoms with E-state index in [4.69, 9.17) is 0 Å². The van der Waals surface area contributed by atoms with Gasteiger partial charge in [0, 0.05) is 16.2 Å². The van der Waals surface area contributed by atoms with Gasteiger partial charge in [0.1, 0.15) is 6.33 Å². The van der Waals surface area contributed by atoms with Gasteiger partial charge >= 0.3 is 6.18 Å². The second-order valence-corrected chi connectivity index (χ2v) is 14.2. The average Bonchev–Trinajstić information content (AvgIpc) is 3.05. The van der Waals surface area contributed by atoms with E-state index in [2.05, 4.69) is 46.1 Å². The second-order valence-electron chi connectivity index (χ2n) is 9.13. The summed E-state index contributed by atoms with van der Waals surface area (Å²) in [4.78, 5) is 8.97. The van der Waals surface area contributed by atoms with Crippen LogP contribution >= 0.6 is 0 Å². The number of rotatable bonds is 1. The summed E-state index contributed by atoms with van der Waals surface area (Å²) in [5, 5.41) is 3.95. The number of benzene rings is 3. The molecule has 7 heteroatoms. The molecule has 0 saturated carbocycles. The highest BCUT2D eigenvalue weighted by Gasteiger charge is 2.33. The molecule has 0 radical (unpaired) electrons. The molecule has 31 heavy (non-hydrogen) atoms. The highest BCUT2D eigenvalue weighted by molar-refractivity contribution is 6.89. The normalized spacial score (nSPS) is 13.5. The topological polar surface area (TPSA) is 30.2 Å². The molecule has 0 saturated heterocycles. The Hall–Kier alpha value is -3.19. The highest BCUT2D eigenvalue weighted by atomic mass is 28.3. The van der Waals surface area contributed by atoms with Crippen molar-refractivity contribution in [1.29, 1.82) is 0 Å². The Morgan fingerprint density at radius 2 is 1.58 bits per heavy atom. The third-order valence-corrected chi connectivity index (χ3v) is 8.20. The third-order valence-electron chi connectivity index (χ3n) is 6.18. The van der Waals surface area contributed by atoms with Crippen LogP contribution in [0, 0.1) is 0 Å². The number of alkyl halides is 3. The van der Waals surface area contributed by atoms with E-state index >= 15 is 0 Å². The zero-order chi connectivity index (χ0) is 21.7. The number of hydrogen-bond acceptors (Lipinski definition) is 2. The van der Waals surface area contributed by atoms with Crippen molar-refractivity contribution in [2.75, 3.05) is 0 Å². The molecule has 0 bridgehead atoms. The molecule has 6 rings (SSSR count). The molecule has 0 aliphatic rings. The fraction of sp³-hybridized carbons (Fsp3) is 0.167. The molecule has 0 fully saturated rings. The van der Waals surface area contributed by atoms with Crippen LogP contribution in [0.25, 0.3) is 49.1 Å². The first-order valence-corrected chi connectivity index (χ1v) is 13.6. The summed E-state index contributed by atoms with van der Waals surface area (Å²) in [6.07, 6.45) is -2.98. The van der Waals surface area contributed by atoms with E-state index in [1.807, 2.05) is 24.3 Å². The first-order chi connectivity index (χ1) is 14.6. The zero-order valence-corrected chi connectivity index (χ0v) is 18.2. The largest absolute Gasteiger partial charge is 0.416 e. The van der Waals surface area contributed by atoms with Gasteiger partial charge in [-0.3, -0.25) is 0 Å². The lowest BCUT2D eigenvalue weighted by Crippen LogP contribution is -2.37. The van der Waals surface area contributed by atoms with Crippen LogP contribution in [-0.2, 0) is 6.18 Å².